The van der Waals surface area contributed by atoms with Crippen molar-refractivity contribution >= 4 is 28.3 Å². The zero-order valence-corrected chi connectivity index (χ0v) is 17.8. The SMILES string of the molecule is COC(=O)c1ccc(-c2nnc(-c3cc(-c4cccc(Cl)c4)n[nH]3)c3ccccc23)cc1. The topological polar surface area (TPSA) is 80.8 Å². The number of carbonyl (C=O) groups excluding carboxylic acids is 1. The Labute approximate surface area is 188 Å². The molecule has 32 heavy (non-hydrogen) atoms. The van der Waals surface area contributed by atoms with Gasteiger partial charge in [0.25, 0.3) is 0 Å². The summed E-state index contributed by atoms with van der Waals surface area (Å²) in [6, 6.07) is 24.5. The van der Waals surface area contributed by atoms with E-state index in [1.54, 1.807) is 12.1 Å². The lowest BCUT2D eigenvalue weighted by Crippen LogP contribution is -2.01. The van der Waals surface area contributed by atoms with Crippen molar-refractivity contribution in [2.24, 2.45) is 0 Å². The summed E-state index contributed by atoms with van der Waals surface area (Å²) in [5, 5.41) is 19.1. The lowest BCUT2D eigenvalue weighted by atomic mass is 10.0. The number of carbonyl (C=O) groups is 1. The number of rotatable bonds is 4. The molecule has 3 aromatic carbocycles. The third kappa shape index (κ3) is 3.61. The molecule has 6 nitrogen and oxygen atoms in total. The molecule has 0 spiro atoms. The average Bonchev–Trinajstić information content (AvgIpc) is 3.33. The molecule has 0 bridgehead atoms. The van der Waals surface area contributed by atoms with Crippen LogP contribution in [-0.4, -0.2) is 33.5 Å². The second kappa shape index (κ2) is 8.24. The Morgan fingerprint density at radius 1 is 0.844 bits per heavy atom. The van der Waals surface area contributed by atoms with Gasteiger partial charge >= 0.3 is 5.97 Å². The van der Waals surface area contributed by atoms with Gasteiger partial charge in [-0.15, -0.1) is 10.2 Å². The normalized spacial score (nSPS) is 10.9. The third-order valence-electron chi connectivity index (χ3n) is 5.22. The van der Waals surface area contributed by atoms with Crippen LogP contribution in [0.25, 0.3) is 44.7 Å². The highest BCUT2D eigenvalue weighted by Gasteiger charge is 2.15. The van der Waals surface area contributed by atoms with Crippen molar-refractivity contribution in [3.63, 3.8) is 0 Å². The summed E-state index contributed by atoms with van der Waals surface area (Å²) in [5.41, 5.74) is 5.23. The van der Waals surface area contributed by atoms with Crippen LogP contribution in [0.4, 0.5) is 0 Å². The molecule has 5 rings (SSSR count). The number of methoxy groups -OCH3 is 1. The number of nitrogens with one attached hydrogen (secondary N) is 1. The Balaban J connectivity index is 1.58. The largest absolute Gasteiger partial charge is 0.465 e. The maximum Gasteiger partial charge on any atom is 0.337 e. The van der Waals surface area contributed by atoms with E-state index in [2.05, 4.69) is 20.4 Å². The lowest BCUT2D eigenvalue weighted by Gasteiger charge is -2.09. The number of nitrogens with zero attached hydrogens (tertiary/aromatic N) is 3. The van der Waals surface area contributed by atoms with E-state index in [0.717, 1.165) is 39.0 Å². The van der Waals surface area contributed by atoms with Crippen LogP contribution in [0.15, 0.2) is 78.9 Å². The zero-order valence-electron chi connectivity index (χ0n) is 17.0. The number of aromatic amines is 1. The number of H-pyrrole nitrogens is 1. The van der Waals surface area contributed by atoms with Crippen LogP contribution in [0.2, 0.25) is 5.02 Å². The predicted octanol–water partition coefficient (Wildman–Crippen LogP) is 5.79. The predicted molar refractivity (Wildman–Crippen MR) is 124 cm³/mol. The molecular formula is C25H17ClN4O2. The van der Waals surface area contributed by atoms with E-state index in [4.69, 9.17) is 16.3 Å². The van der Waals surface area contributed by atoms with Crippen LogP contribution < -0.4 is 0 Å². The molecule has 2 aromatic heterocycles. The summed E-state index contributed by atoms with van der Waals surface area (Å²) >= 11 is 6.12. The van der Waals surface area contributed by atoms with E-state index in [0.29, 0.717) is 16.3 Å². The molecule has 7 heteroatoms. The van der Waals surface area contributed by atoms with E-state index in [1.807, 2.05) is 66.7 Å². The minimum atomic E-state index is -0.377. The molecule has 156 valence electrons. The quantitative estimate of drug-likeness (QED) is 0.357. The molecule has 0 aliphatic rings. The Bertz CT molecular complexity index is 1440. The Hall–Kier alpha value is -4.03. The molecule has 0 fully saturated rings. The molecule has 0 amide bonds. The van der Waals surface area contributed by atoms with Gasteiger partial charge in [0, 0.05) is 26.9 Å². The van der Waals surface area contributed by atoms with Gasteiger partial charge in [0.05, 0.1) is 24.1 Å². The van der Waals surface area contributed by atoms with Gasteiger partial charge < -0.3 is 4.74 Å². The van der Waals surface area contributed by atoms with E-state index < -0.39 is 0 Å². The number of hydrogen-bond donors (Lipinski definition) is 1. The van der Waals surface area contributed by atoms with Gasteiger partial charge in [-0.2, -0.15) is 5.10 Å². The summed E-state index contributed by atoms with van der Waals surface area (Å²) in [6.07, 6.45) is 0. The molecule has 1 N–H and O–H groups in total. The van der Waals surface area contributed by atoms with E-state index in [9.17, 15) is 4.79 Å². The van der Waals surface area contributed by atoms with Crippen molar-refractivity contribution in [2.45, 2.75) is 0 Å². The Kier molecular flexibility index (Phi) is 5.13. The summed E-state index contributed by atoms with van der Waals surface area (Å²) in [6.45, 7) is 0. The van der Waals surface area contributed by atoms with Crippen molar-refractivity contribution in [3.8, 4) is 33.9 Å². The molecule has 0 saturated carbocycles. The van der Waals surface area contributed by atoms with Crippen molar-refractivity contribution in [1.82, 2.24) is 20.4 Å². The Morgan fingerprint density at radius 2 is 1.56 bits per heavy atom. The van der Waals surface area contributed by atoms with Crippen molar-refractivity contribution < 1.29 is 9.53 Å². The first-order chi connectivity index (χ1) is 15.6. The highest BCUT2D eigenvalue weighted by atomic mass is 35.5. The molecule has 5 aromatic rings. The van der Waals surface area contributed by atoms with E-state index >= 15 is 0 Å². The molecular weight excluding hydrogens is 424 g/mol. The van der Waals surface area contributed by atoms with Crippen LogP contribution in [-0.2, 0) is 4.74 Å². The van der Waals surface area contributed by atoms with Crippen LogP contribution >= 0.6 is 11.6 Å². The number of aromatic nitrogens is 4. The molecule has 0 unspecified atom stereocenters. The molecule has 0 aliphatic carbocycles. The van der Waals surface area contributed by atoms with Crippen LogP contribution in [0.5, 0.6) is 0 Å². The second-order valence-corrected chi connectivity index (χ2v) is 7.63. The number of ether oxygens (including phenoxy) is 1. The van der Waals surface area contributed by atoms with Gasteiger partial charge in [0.1, 0.15) is 11.4 Å². The van der Waals surface area contributed by atoms with Crippen molar-refractivity contribution in [3.05, 3.63) is 89.4 Å². The number of halogens is 1. The smallest absolute Gasteiger partial charge is 0.337 e. The van der Waals surface area contributed by atoms with Crippen LogP contribution in [0.1, 0.15) is 10.4 Å². The van der Waals surface area contributed by atoms with Gasteiger partial charge in [0.15, 0.2) is 0 Å². The first-order valence-corrected chi connectivity index (χ1v) is 10.3. The first-order valence-electron chi connectivity index (χ1n) is 9.90. The molecule has 0 atom stereocenters. The molecule has 0 saturated heterocycles. The minimum absolute atomic E-state index is 0.377. The van der Waals surface area contributed by atoms with Gasteiger partial charge in [-0.25, -0.2) is 4.79 Å². The monoisotopic (exact) mass is 440 g/mol. The molecule has 0 radical (unpaired) electrons. The van der Waals surface area contributed by atoms with Crippen LogP contribution in [0.3, 0.4) is 0 Å². The minimum Gasteiger partial charge on any atom is -0.465 e. The van der Waals surface area contributed by atoms with Crippen LogP contribution in [0, 0.1) is 0 Å². The standard InChI is InChI=1S/C25H17ClN4O2/c1-32-25(31)16-11-9-15(10-12-16)23-19-7-2-3-8-20(19)24(30-29-23)22-14-21(27-28-22)17-5-4-6-18(26)13-17/h2-14H,1H3,(H,27,28). The number of hydrogen-bond acceptors (Lipinski definition) is 5. The summed E-state index contributed by atoms with van der Waals surface area (Å²) in [7, 11) is 1.36. The Morgan fingerprint density at radius 3 is 2.28 bits per heavy atom. The zero-order chi connectivity index (χ0) is 22.1. The third-order valence-corrected chi connectivity index (χ3v) is 5.46. The van der Waals surface area contributed by atoms with Crippen molar-refractivity contribution in [2.75, 3.05) is 7.11 Å². The lowest BCUT2D eigenvalue weighted by molar-refractivity contribution is 0.0601. The van der Waals surface area contributed by atoms with Crippen molar-refractivity contribution in [1.29, 1.82) is 0 Å². The average molecular weight is 441 g/mol. The summed E-state index contributed by atoms with van der Waals surface area (Å²) < 4.78 is 4.77. The highest BCUT2D eigenvalue weighted by molar-refractivity contribution is 6.30. The highest BCUT2D eigenvalue weighted by Crippen LogP contribution is 2.33. The fraction of sp³-hybridized carbons (Fsp3) is 0.0400. The number of fused-ring (bicyclic) bond motifs is 1. The second-order valence-electron chi connectivity index (χ2n) is 7.19. The van der Waals surface area contributed by atoms with Gasteiger partial charge in [-0.05, 0) is 30.3 Å². The summed E-state index contributed by atoms with van der Waals surface area (Å²) in [5.74, 6) is -0.377. The van der Waals surface area contributed by atoms with E-state index in [-0.39, 0.29) is 5.97 Å². The molecule has 0 aliphatic heterocycles. The maximum absolute atomic E-state index is 11.7. The molecule has 2 heterocycles. The first kappa shape index (κ1) is 19.9. The fourth-order valence-electron chi connectivity index (χ4n) is 3.64. The van der Waals surface area contributed by atoms with Gasteiger partial charge in [-0.1, -0.05) is 60.1 Å². The van der Waals surface area contributed by atoms with E-state index in [1.165, 1.54) is 7.11 Å². The number of benzene rings is 3. The number of esters is 1. The van der Waals surface area contributed by atoms with Gasteiger partial charge in [0.2, 0.25) is 0 Å². The summed E-state index contributed by atoms with van der Waals surface area (Å²) in [4.78, 5) is 11.7. The van der Waals surface area contributed by atoms with Gasteiger partial charge in [-0.3, -0.25) is 5.10 Å². The maximum atomic E-state index is 11.7. The fourth-order valence-corrected chi connectivity index (χ4v) is 3.83.